The lowest BCUT2D eigenvalue weighted by Gasteiger charge is -2.04. The number of imidazole rings is 1. The van der Waals surface area contributed by atoms with Gasteiger partial charge in [0.05, 0.1) is 24.4 Å². The molecule has 0 unspecified atom stereocenters. The summed E-state index contributed by atoms with van der Waals surface area (Å²) in [7, 11) is 0. The molecule has 0 bridgehead atoms. The molecule has 4 rings (SSSR count). The second kappa shape index (κ2) is 8.55. The van der Waals surface area contributed by atoms with Crippen molar-refractivity contribution in [3.63, 3.8) is 0 Å². The second-order valence-electron chi connectivity index (χ2n) is 5.75. The summed E-state index contributed by atoms with van der Waals surface area (Å²) in [5, 5.41) is 8.27. The summed E-state index contributed by atoms with van der Waals surface area (Å²) < 4.78 is 11.4. The van der Waals surface area contributed by atoms with Crippen LogP contribution in [-0.2, 0) is 5.75 Å². The standard InChI is InChI=1S/C20H18N4O2S/c1-2-4-17(5-3-1)25-10-11-27-13-19-23-24-20(26-19)16-8-6-15(7-9-16)18-12-21-14-22-18/h1-9,12,14H,10-11,13H2,(H,21,22). The van der Waals surface area contributed by atoms with Gasteiger partial charge >= 0.3 is 0 Å². The fourth-order valence-corrected chi connectivity index (χ4v) is 3.16. The average Bonchev–Trinajstić information content (AvgIpc) is 3.41. The van der Waals surface area contributed by atoms with Crippen molar-refractivity contribution in [2.24, 2.45) is 0 Å². The fraction of sp³-hybridized carbons (Fsp3) is 0.150. The van der Waals surface area contributed by atoms with Crippen LogP contribution in [0.3, 0.4) is 0 Å². The number of thioether (sulfide) groups is 1. The van der Waals surface area contributed by atoms with Crippen molar-refractivity contribution in [1.82, 2.24) is 20.2 Å². The van der Waals surface area contributed by atoms with Crippen molar-refractivity contribution in [2.45, 2.75) is 5.75 Å². The summed E-state index contributed by atoms with van der Waals surface area (Å²) in [6, 6.07) is 17.7. The molecule has 2 aromatic carbocycles. The summed E-state index contributed by atoms with van der Waals surface area (Å²) in [6.07, 6.45) is 3.52. The van der Waals surface area contributed by atoms with Gasteiger partial charge in [0.1, 0.15) is 5.75 Å². The number of aromatic amines is 1. The molecule has 0 saturated heterocycles. The lowest BCUT2D eigenvalue weighted by atomic mass is 10.1. The van der Waals surface area contributed by atoms with Gasteiger partial charge in [0, 0.05) is 23.1 Å². The van der Waals surface area contributed by atoms with Crippen LogP contribution in [0.25, 0.3) is 22.7 Å². The number of para-hydroxylation sites is 1. The third-order valence-corrected chi connectivity index (χ3v) is 4.76. The second-order valence-corrected chi connectivity index (χ2v) is 6.85. The molecule has 0 spiro atoms. The van der Waals surface area contributed by atoms with E-state index in [-0.39, 0.29) is 0 Å². The van der Waals surface area contributed by atoms with E-state index >= 15 is 0 Å². The molecule has 136 valence electrons. The zero-order valence-corrected chi connectivity index (χ0v) is 15.4. The minimum atomic E-state index is 0.528. The highest BCUT2D eigenvalue weighted by atomic mass is 32.2. The predicted octanol–water partition coefficient (Wildman–Crippen LogP) is 4.44. The van der Waals surface area contributed by atoms with E-state index in [2.05, 4.69) is 20.2 Å². The molecule has 0 aliphatic carbocycles. The van der Waals surface area contributed by atoms with E-state index in [0.717, 1.165) is 28.3 Å². The zero-order valence-electron chi connectivity index (χ0n) is 14.5. The van der Waals surface area contributed by atoms with Crippen LogP contribution >= 0.6 is 11.8 Å². The lowest BCUT2D eigenvalue weighted by Crippen LogP contribution is -2.00. The van der Waals surface area contributed by atoms with Gasteiger partial charge in [-0.25, -0.2) is 4.98 Å². The molecule has 0 fully saturated rings. The van der Waals surface area contributed by atoms with Gasteiger partial charge in [-0.2, -0.15) is 0 Å². The van der Waals surface area contributed by atoms with E-state index < -0.39 is 0 Å². The van der Waals surface area contributed by atoms with Crippen LogP contribution in [0.1, 0.15) is 5.89 Å². The van der Waals surface area contributed by atoms with Crippen molar-refractivity contribution < 1.29 is 9.15 Å². The Morgan fingerprint density at radius 2 is 1.78 bits per heavy atom. The van der Waals surface area contributed by atoms with Gasteiger partial charge in [0.15, 0.2) is 0 Å². The van der Waals surface area contributed by atoms with Gasteiger partial charge < -0.3 is 14.1 Å². The van der Waals surface area contributed by atoms with Crippen LogP contribution in [0.4, 0.5) is 0 Å². The number of nitrogens with one attached hydrogen (secondary N) is 1. The van der Waals surface area contributed by atoms with Gasteiger partial charge in [0.25, 0.3) is 0 Å². The van der Waals surface area contributed by atoms with Crippen molar-refractivity contribution >= 4 is 11.8 Å². The van der Waals surface area contributed by atoms with Crippen molar-refractivity contribution in [1.29, 1.82) is 0 Å². The molecule has 0 atom stereocenters. The summed E-state index contributed by atoms with van der Waals surface area (Å²) in [5.74, 6) is 3.55. The minimum Gasteiger partial charge on any atom is -0.493 e. The third-order valence-electron chi connectivity index (χ3n) is 3.86. The number of H-pyrrole nitrogens is 1. The summed E-state index contributed by atoms with van der Waals surface area (Å²) in [6.45, 7) is 0.643. The molecular weight excluding hydrogens is 360 g/mol. The number of ether oxygens (including phenoxy) is 1. The maximum atomic E-state index is 5.76. The monoisotopic (exact) mass is 378 g/mol. The van der Waals surface area contributed by atoms with Crippen LogP contribution in [0.15, 0.2) is 71.5 Å². The Morgan fingerprint density at radius 1 is 0.963 bits per heavy atom. The maximum absolute atomic E-state index is 5.76. The molecule has 0 radical (unpaired) electrons. The summed E-state index contributed by atoms with van der Waals surface area (Å²) in [5.41, 5.74) is 2.83. The first-order valence-electron chi connectivity index (χ1n) is 8.56. The van der Waals surface area contributed by atoms with Crippen molar-refractivity contribution in [3.05, 3.63) is 73.0 Å². The highest BCUT2D eigenvalue weighted by Gasteiger charge is 2.09. The summed E-state index contributed by atoms with van der Waals surface area (Å²) >= 11 is 1.70. The number of aromatic nitrogens is 4. The van der Waals surface area contributed by atoms with Crippen molar-refractivity contribution in [2.75, 3.05) is 12.4 Å². The van der Waals surface area contributed by atoms with Gasteiger partial charge in [-0.1, -0.05) is 30.3 Å². The Hall–Kier alpha value is -3.06. The van der Waals surface area contributed by atoms with Gasteiger partial charge in [-0.15, -0.1) is 22.0 Å². The molecule has 0 amide bonds. The first-order chi connectivity index (χ1) is 13.4. The van der Waals surface area contributed by atoms with Crippen LogP contribution in [0.5, 0.6) is 5.75 Å². The van der Waals surface area contributed by atoms with Crippen molar-refractivity contribution in [3.8, 4) is 28.5 Å². The fourth-order valence-electron chi connectivity index (χ4n) is 2.52. The van der Waals surface area contributed by atoms with Gasteiger partial charge in [0.2, 0.25) is 11.8 Å². The Morgan fingerprint density at radius 3 is 2.56 bits per heavy atom. The molecule has 0 aliphatic rings. The molecular formula is C20H18N4O2S. The number of rotatable bonds is 8. The number of benzene rings is 2. The molecule has 27 heavy (non-hydrogen) atoms. The van der Waals surface area contributed by atoms with Gasteiger partial charge in [-0.3, -0.25) is 0 Å². The van der Waals surface area contributed by atoms with E-state index in [1.807, 2.05) is 60.8 Å². The molecule has 1 N–H and O–H groups in total. The zero-order chi connectivity index (χ0) is 18.3. The normalized spacial score (nSPS) is 10.8. The molecule has 2 aromatic heterocycles. The van der Waals surface area contributed by atoms with Crippen LogP contribution < -0.4 is 4.74 Å². The van der Waals surface area contributed by atoms with Crippen LogP contribution in [0, 0.1) is 0 Å². The average molecular weight is 378 g/mol. The first kappa shape index (κ1) is 17.4. The van der Waals surface area contributed by atoms with Crippen LogP contribution in [-0.4, -0.2) is 32.5 Å². The third kappa shape index (κ3) is 4.57. The quantitative estimate of drug-likeness (QED) is 0.457. The van der Waals surface area contributed by atoms with Gasteiger partial charge in [-0.05, 0) is 24.3 Å². The van der Waals surface area contributed by atoms with Crippen LogP contribution in [0.2, 0.25) is 0 Å². The van der Waals surface area contributed by atoms with E-state index in [1.54, 1.807) is 18.1 Å². The molecule has 7 heteroatoms. The highest BCUT2D eigenvalue weighted by molar-refractivity contribution is 7.98. The Kier molecular flexibility index (Phi) is 5.50. The number of nitrogens with zero attached hydrogens (tertiary/aromatic N) is 3. The molecule has 0 saturated carbocycles. The Bertz CT molecular complexity index is 953. The topological polar surface area (TPSA) is 76.8 Å². The molecule has 0 aliphatic heterocycles. The largest absolute Gasteiger partial charge is 0.493 e. The van der Waals surface area contributed by atoms with E-state index in [4.69, 9.17) is 9.15 Å². The minimum absolute atomic E-state index is 0.528. The Balaban J connectivity index is 1.27. The molecule has 6 nitrogen and oxygen atoms in total. The van der Waals surface area contributed by atoms with E-state index in [0.29, 0.717) is 24.1 Å². The number of hydrogen-bond donors (Lipinski definition) is 1. The van der Waals surface area contributed by atoms with E-state index in [1.165, 1.54) is 0 Å². The number of hydrogen-bond acceptors (Lipinski definition) is 6. The SMILES string of the molecule is c1ccc(OCCSCc2nnc(-c3ccc(-c4c[nH]cn4)cc3)o2)cc1. The first-order valence-corrected chi connectivity index (χ1v) is 9.71. The molecule has 4 aromatic rings. The maximum Gasteiger partial charge on any atom is 0.247 e. The summed E-state index contributed by atoms with van der Waals surface area (Å²) in [4.78, 5) is 7.19. The smallest absolute Gasteiger partial charge is 0.247 e. The van der Waals surface area contributed by atoms with E-state index in [9.17, 15) is 0 Å². The lowest BCUT2D eigenvalue weighted by molar-refractivity contribution is 0.344. The molecule has 2 heterocycles. The highest BCUT2D eigenvalue weighted by Crippen LogP contribution is 2.23. The predicted molar refractivity (Wildman–Crippen MR) is 105 cm³/mol. The Labute approximate surface area is 161 Å².